The second kappa shape index (κ2) is 9.22. The summed E-state index contributed by atoms with van der Waals surface area (Å²) >= 11 is 3.35. The molecule has 1 heterocycles. The molecule has 8 heteroatoms. The van der Waals surface area contributed by atoms with Gasteiger partial charge in [0.05, 0.1) is 17.0 Å². The highest BCUT2D eigenvalue weighted by molar-refractivity contribution is 9.10. The van der Waals surface area contributed by atoms with Crippen molar-refractivity contribution in [2.24, 2.45) is 0 Å². The normalized spacial score (nSPS) is 21.0. The Labute approximate surface area is 191 Å². The first kappa shape index (κ1) is 22.2. The maximum atomic E-state index is 13.7. The first-order valence-corrected chi connectivity index (χ1v) is 12.8. The van der Waals surface area contributed by atoms with Crippen molar-refractivity contribution in [3.63, 3.8) is 0 Å². The molecular formula is C23H25BrN2O4S. The summed E-state index contributed by atoms with van der Waals surface area (Å²) in [5.74, 6) is -0.852. The molecule has 1 unspecified atom stereocenters. The van der Waals surface area contributed by atoms with E-state index >= 15 is 0 Å². The second-order valence-corrected chi connectivity index (χ2v) is 10.8. The van der Waals surface area contributed by atoms with E-state index in [9.17, 15) is 18.0 Å². The van der Waals surface area contributed by atoms with Crippen molar-refractivity contribution in [2.75, 3.05) is 4.90 Å². The molecule has 0 aromatic heterocycles. The molecule has 1 aliphatic heterocycles. The minimum Gasteiger partial charge on any atom is -0.274 e. The van der Waals surface area contributed by atoms with Crippen LogP contribution in [0.2, 0.25) is 0 Å². The van der Waals surface area contributed by atoms with Crippen LogP contribution in [-0.2, 0) is 19.6 Å². The number of rotatable bonds is 5. The molecule has 4 rings (SSSR count). The van der Waals surface area contributed by atoms with Crippen molar-refractivity contribution in [1.82, 2.24) is 4.31 Å². The van der Waals surface area contributed by atoms with Crippen molar-refractivity contribution >= 4 is 43.5 Å². The quantitative estimate of drug-likeness (QED) is 0.443. The first-order valence-electron chi connectivity index (χ1n) is 10.6. The van der Waals surface area contributed by atoms with Crippen LogP contribution in [0, 0.1) is 0 Å². The minimum absolute atomic E-state index is 0.141. The van der Waals surface area contributed by atoms with Gasteiger partial charge in [-0.3, -0.25) is 9.59 Å². The van der Waals surface area contributed by atoms with E-state index in [2.05, 4.69) is 15.9 Å². The van der Waals surface area contributed by atoms with Gasteiger partial charge in [0, 0.05) is 10.5 Å². The Morgan fingerprint density at radius 2 is 1.48 bits per heavy atom. The van der Waals surface area contributed by atoms with E-state index in [4.69, 9.17) is 0 Å². The molecule has 164 valence electrons. The van der Waals surface area contributed by atoms with Crippen molar-refractivity contribution in [3.05, 3.63) is 59.1 Å². The van der Waals surface area contributed by atoms with Crippen molar-refractivity contribution in [3.8, 4) is 0 Å². The van der Waals surface area contributed by atoms with Gasteiger partial charge in [0.2, 0.25) is 15.9 Å². The number of hydrogen-bond donors (Lipinski definition) is 0. The van der Waals surface area contributed by atoms with E-state index in [1.807, 2.05) is 0 Å². The summed E-state index contributed by atoms with van der Waals surface area (Å²) in [5, 5.41) is 0. The third-order valence-electron chi connectivity index (χ3n) is 6.02. The second-order valence-electron chi connectivity index (χ2n) is 8.06. The molecule has 6 nitrogen and oxygen atoms in total. The highest BCUT2D eigenvalue weighted by Gasteiger charge is 2.49. The van der Waals surface area contributed by atoms with Crippen LogP contribution in [0.5, 0.6) is 0 Å². The van der Waals surface area contributed by atoms with Gasteiger partial charge in [-0.15, -0.1) is 0 Å². The summed E-state index contributed by atoms with van der Waals surface area (Å²) in [4.78, 5) is 27.6. The molecule has 2 aromatic rings. The van der Waals surface area contributed by atoms with Crippen LogP contribution in [-0.4, -0.2) is 36.6 Å². The van der Waals surface area contributed by atoms with E-state index in [0.717, 1.165) is 35.1 Å². The standard InChI is InChI=1S/C23H25BrN2O4S/c24-17-12-14-18(15-13-17)25-22(27)16-21(23(25)28)26(19-8-4-1-2-5-9-19)31(29,30)20-10-6-3-7-11-20/h3,6-7,10-15,19,21H,1-2,4-5,8-9,16H2. The molecule has 1 atom stereocenters. The molecular weight excluding hydrogens is 480 g/mol. The van der Waals surface area contributed by atoms with Gasteiger partial charge in [-0.05, 0) is 49.2 Å². The number of amides is 2. The van der Waals surface area contributed by atoms with Gasteiger partial charge >= 0.3 is 0 Å². The number of anilines is 1. The number of carbonyl (C=O) groups is 2. The summed E-state index contributed by atoms with van der Waals surface area (Å²) in [6.07, 6.45) is 5.19. The number of benzene rings is 2. The summed E-state index contributed by atoms with van der Waals surface area (Å²) in [5.41, 5.74) is 0.457. The zero-order valence-electron chi connectivity index (χ0n) is 17.1. The fourth-order valence-electron chi connectivity index (χ4n) is 4.52. The average molecular weight is 505 g/mol. The number of hydrogen-bond acceptors (Lipinski definition) is 4. The van der Waals surface area contributed by atoms with Crippen LogP contribution in [0.25, 0.3) is 0 Å². The topological polar surface area (TPSA) is 74.8 Å². The predicted octanol–water partition coefficient (Wildman–Crippen LogP) is 4.49. The molecule has 1 saturated carbocycles. The lowest BCUT2D eigenvalue weighted by Crippen LogP contribution is -2.50. The summed E-state index contributed by atoms with van der Waals surface area (Å²) < 4.78 is 29.6. The van der Waals surface area contributed by atoms with Crippen LogP contribution in [0.1, 0.15) is 44.9 Å². The van der Waals surface area contributed by atoms with Crippen LogP contribution >= 0.6 is 15.9 Å². The third-order valence-corrected chi connectivity index (χ3v) is 8.52. The van der Waals surface area contributed by atoms with Gasteiger partial charge in [-0.1, -0.05) is 59.8 Å². The third kappa shape index (κ3) is 4.47. The number of carbonyl (C=O) groups excluding carboxylic acids is 2. The molecule has 31 heavy (non-hydrogen) atoms. The van der Waals surface area contributed by atoms with E-state index in [0.29, 0.717) is 18.5 Å². The highest BCUT2D eigenvalue weighted by Crippen LogP contribution is 2.34. The van der Waals surface area contributed by atoms with Crippen molar-refractivity contribution < 1.29 is 18.0 Å². The Morgan fingerprint density at radius 1 is 0.871 bits per heavy atom. The predicted molar refractivity (Wildman–Crippen MR) is 122 cm³/mol. The smallest absolute Gasteiger partial charge is 0.252 e. The first-order chi connectivity index (χ1) is 14.9. The monoisotopic (exact) mass is 504 g/mol. The lowest BCUT2D eigenvalue weighted by molar-refractivity contribution is -0.122. The molecule has 0 bridgehead atoms. The van der Waals surface area contributed by atoms with Gasteiger partial charge in [0.15, 0.2) is 0 Å². The van der Waals surface area contributed by atoms with Gasteiger partial charge in [0.25, 0.3) is 5.91 Å². The molecule has 1 aliphatic carbocycles. The molecule has 0 radical (unpaired) electrons. The Balaban J connectivity index is 1.74. The van der Waals surface area contributed by atoms with E-state index in [1.54, 1.807) is 54.6 Å². The van der Waals surface area contributed by atoms with Crippen LogP contribution in [0.15, 0.2) is 64.0 Å². The maximum absolute atomic E-state index is 13.7. The minimum atomic E-state index is -3.94. The fraction of sp³-hybridized carbons (Fsp3) is 0.391. The van der Waals surface area contributed by atoms with Gasteiger partial charge in [-0.2, -0.15) is 4.31 Å². The Hall–Kier alpha value is -2.03. The molecule has 2 aromatic carbocycles. The molecule has 2 amide bonds. The van der Waals surface area contributed by atoms with E-state index in [-0.39, 0.29) is 23.3 Å². The number of halogens is 1. The molecule has 2 fully saturated rings. The summed E-state index contributed by atoms with van der Waals surface area (Å²) in [7, 11) is -3.94. The van der Waals surface area contributed by atoms with Gasteiger partial charge < -0.3 is 0 Å². The average Bonchev–Trinajstić information content (AvgIpc) is 2.92. The van der Waals surface area contributed by atoms with Gasteiger partial charge in [0.1, 0.15) is 6.04 Å². The zero-order valence-corrected chi connectivity index (χ0v) is 19.5. The Kier molecular flexibility index (Phi) is 6.60. The highest BCUT2D eigenvalue weighted by atomic mass is 79.9. The number of imide groups is 1. The Bertz CT molecular complexity index is 1050. The fourth-order valence-corrected chi connectivity index (χ4v) is 6.63. The molecule has 2 aliphatic rings. The van der Waals surface area contributed by atoms with E-state index in [1.165, 1.54) is 4.31 Å². The van der Waals surface area contributed by atoms with Crippen molar-refractivity contribution in [2.45, 2.75) is 61.9 Å². The summed E-state index contributed by atoms with van der Waals surface area (Å²) in [6, 6.07) is 13.8. The van der Waals surface area contributed by atoms with Gasteiger partial charge in [-0.25, -0.2) is 13.3 Å². The van der Waals surface area contributed by atoms with Crippen molar-refractivity contribution in [1.29, 1.82) is 0 Å². The largest absolute Gasteiger partial charge is 0.274 e. The number of sulfonamides is 1. The Morgan fingerprint density at radius 3 is 2.10 bits per heavy atom. The lowest BCUT2D eigenvalue weighted by atomic mass is 10.1. The maximum Gasteiger partial charge on any atom is 0.252 e. The molecule has 1 saturated heterocycles. The van der Waals surface area contributed by atoms with Crippen LogP contribution < -0.4 is 4.90 Å². The zero-order chi connectivity index (χ0) is 22.0. The lowest BCUT2D eigenvalue weighted by Gasteiger charge is -2.33. The molecule has 0 N–H and O–H groups in total. The van der Waals surface area contributed by atoms with Crippen LogP contribution in [0.3, 0.4) is 0 Å². The SMILES string of the molecule is O=C1CC(N(C2CCCCCC2)S(=O)(=O)c2ccccc2)C(=O)N1c1ccc(Br)cc1. The van der Waals surface area contributed by atoms with Crippen LogP contribution in [0.4, 0.5) is 5.69 Å². The number of nitrogens with zero attached hydrogens (tertiary/aromatic N) is 2. The summed E-state index contributed by atoms with van der Waals surface area (Å²) in [6.45, 7) is 0. The molecule has 0 spiro atoms. The van der Waals surface area contributed by atoms with E-state index < -0.39 is 22.0 Å².